The van der Waals surface area contributed by atoms with Crippen molar-refractivity contribution in [3.05, 3.63) is 48.7 Å². The monoisotopic (exact) mass is 338 g/mol. The SMILES string of the molecule is CCn1c(Cn2cccn2)nnc1C1CCN(c2cnccn2)CC1. The fourth-order valence-electron chi connectivity index (χ4n) is 3.47. The first-order chi connectivity index (χ1) is 12.3. The predicted octanol–water partition coefficient (Wildman–Crippen LogP) is 1.72. The van der Waals surface area contributed by atoms with Crippen molar-refractivity contribution >= 4 is 5.82 Å². The molecule has 0 N–H and O–H groups in total. The Bertz CT molecular complexity index is 787. The van der Waals surface area contributed by atoms with Crippen molar-refractivity contribution in [2.24, 2.45) is 0 Å². The van der Waals surface area contributed by atoms with Crippen molar-refractivity contribution < 1.29 is 0 Å². The lowest BCUT2D eigenvalue weighted by atomic mass is 9.96. The van der Waals surface area contributed by atoms with Gasteiger partial charge in [-0.2, -0.15) is 5.10 Å². The molecule has 0 amide bonds. The van der Waals surface area contributed by atoms with Crippen molar-refractivity contribution in [2.45, 2.75) is 38.8 Å². The molecule has 0 aromatic carbocycles. The van der Waals surface area contributed by atoms with Crippen LogP contribution in [0.15, 0.2) is 37.1 Å². The van der Waals surface area contributed by atoms with E-state index in [1.165, 1.54) is 0 Å². The number of piperidine rings is 1. The Morgan fingerprint density at radius 3 is 2.68 bits per heavy atom. The molecule has 0 radical (unpaired) electrons. The van der Waals surface area contributed by atoms with Gasteiger partial charge in [-0.05, 0) is 25.8 Å². The van der Waals surface area contributed by atoms with Crippen LogP contribution in [0.1, 0.15) is 37.3 Å². The first-order valence-corrected chi connectivity index (χ1v) is 8.75. The van der Waals surface area contributed by atoms with Gasteiger partial charge in [-0.15, -0.1) is 10.2 Å². The van der Waals surface area contributed by atoms with Gasteiger partial charge in [-0.25, -0.2) is 4.98 Å². The van der Waals surface area contributed by atoms with Crippen molar-refractivity contribution in [1.29, 1.82) is 0 Å². The third-order valence-electron chi connectivity index (χ3n) is 4.77. The van der Waals surface area contributed by atoms with Crippen LogP contribution in [0.5, 0.6) is 0 Å². The van der Waals surface area contributed by atoms with Crippen molar-refractivity contribution in [3.63, 3.8) is 0 Å². The Morgan fingerprint density at radius 1 is 1.12 bits per heavy atom. The normalized spacial score (nSPS) is 15.6. The van der Waals surface area contributed by atoms with Crippen LogP contribution in [0, 0.1) is 0 Å². The molecule has 8 nitrogen and oxygen atoms in total. The average molecular weight is 338 g/mol. The lowest BCUT2D eigenvalue weighted by molar-refractivity contribution is 0.461. The number of hydrogen-bond donors (Lipinski definition) is 0. The van der Waals surface area contributed by atoms with Crippen molar-refractivity contribution in [3.8, 4) is 0 Å². The summed E-state index contributed by atoms with van der Waals surface area (Å²) in [6, 6.07) is 1.93. The molecular formula is C17H22N8. The molecule has 25 heavy (non-hydrogen) atoms. The summed E-state index contributed by atoms with van der Waals surface area (Å²) in [7, 11) is 0. The summed E-state index contributed by atoms with van der Waals surface area (Å²) in [6.45, 7) is 5.62. The van der Waals surface area contributed by atoms with Gasteiger partial charge in [0.2, 0.25) is 0 Å². The van der Waals surface area contributed by atoms with Crippen LogP contribution in [0.25, 0.3) is 0 Å². The summed E-state index contributed by atoms with van der Waals surface area (Å²) in [5.41, 5.74) is 0. The van der Waals surface area contributed by atoms with E-state index in [1.807, 2.05) is 23.1 Å². The Balaban J connectivity index is 1.47. The maximum absolute atomic E-state index is 4.51. The van der Waals surface area contributed by atoms with Crippen LogP contribution in [0.3, 0.4) is 0 Å². The molecule has 3 aromatic rings. The highest BCUT2D eigenvalue weighted by Gasteiger charge is 2.26. The molecule has 0 bridgehead atoms. The molecule has 0 atom stereocenters. The topological polar surface area (TPSA) is 77.5 Å². The summed E-state index contributed by atoms with van der Waals surface area (Å²) in [4.78, 5) is 10.9. The molecule has 8 heteroatoms. The quantitative estimate of drug-likeness (QED) is 0.705. The molecule has 4 rings (SSSR count). The van der Waals surface area contributed by atoms with Gasteiger partial charge < -0.3 is 9.47 Å². The summed E-state index contributed by atoms with van der Waals surface area (Å²) in [5, 5.41) is 13.2. The number of nitrogens with zero attached hydrogens (tertiary/aromatic N) is 8. The minimum Gasteiger partial charge on any atom is -0.355 e. The van der Waals surface area contributed by atoms with Gasteiger partial charge in [0.25, 0.3) is 0 Å². The van der Waals surface area contributed by atoms with E-state index in [0.29, 0.717) is 12.5 Å². The molecule has 0 spiro atoms. The molecule has 1 aliphatic rings. The van der Waals surface area contributed by atoms with E-state index >= 15 is 0 Å². The van der Waals surface area contributed by atoms with E-state index in [4.69, 9.17) is 0 Å². The third-order valence-corrected chi connectivity index (χ3v) is 4.77. The Kier molecular flexibility index (Phi) is 4.41. The molecule has 0 saturated carbocycles. The van der Waals surface area contributed by atoms with Gasteiger partial charge in [0.05, 0.1) is 6.20 Å². The summed E-state index contributed by atoms with van der Waals surface area (Å²) in [6.07, 6.45) is 11.1. The smallest absolute Gasteiger partial charge is 0.154 e. The molecule has 130 valence electrons. The second-order valence-corrected chi connectivity index (χ2v) is 6.25. The Hall–Kier alpha value is -2.77. The molecule has 1 aliphatic heterocycles. The zero-order valence-corrected chi connectivity index (χ0v) is 14.4. The van der Waals surface area contributed by atoms with Gasteiger partial charge in [0.15, 0.2) is 5.82 Å². The highest BCUT2D eigenvalue weighted by Crippen LogP contribution is 2.29. The zero-order valence-electron chi connectivity index (χ0n) is 14.4. The molecule has 4 heterocycles. The van der Waals surface area contributed by atoms with Crippen LogP contribution < -0.4 is 4.90 Å². The average Bonchev–Trinajstić information content (AvgIpc) is 3.32. The fraction of sp³-hybridized carbons (Fsp3) is 0.471. The van der Waals surface area contributed by atoms with E-state index in [0.717, 1.165) is 49.9 Å². The largest absolute Gasteiger partial charge is 0.355 e. The Labute approximate surface area is 146 Å². The van der Waals surface area contributed by atoms with Gasteiger partial charge >= 0.3 is 0 Å². The lowest BCUT2D eigenvalue weighted by Gasteiger charge is -2.32. The van der Waals surface area contributed by atoms with Crippen molar-refractivity contribution in [2.75, 3.05) is 18.0 Å². The fourth-order valence-corrected chi connectivity index (χ4v) is 3.47. The van der Waals surface area contributed by atoms with E-state index in [2.05, 4.69) is 41.7 Å². The van der Waals surface area contributed by atoms with Gasteiger partial charge in [-0.3, -0.25) is 9.67 Å². The number of hydrogen-bond acceptors (Lipinski definition) is 6. The second kappa shape index (κ2) is 7.00. The molecule has 0 unspecified atom stereocenters. The van der Waals surface area contributed by atoms with Crippen molar-refractivity contribution in [1.82, 2.24) is 34.5 Å². The molecular weight excluding hydrogens is 316 g/mol. The number of anilines is 1. The highest BCUT2D eigenvalue weighted by atomic mass is 15.3. The third kappa shape index (κ3) is 3.24. The second-order valence-electron chi connectivity index (χ2n) is 6.25. The lowest BCUT2D eigenvalue weighted by Crippen LogP contribution is -2.34. The molecule has 1 saturated heterocycles. The maximum atomic E-state index is 4.51. The summed E-state index contributed by atoms with van der Waals surface area (Å²) >= 11 is 0. The molecule has 1 fully saturated rings. The van der Waals surface area contributed by atoms with E-state index in [9.17, 15) is 0 Å². The first kappa shape index (κ1) is 15.7. The van der Waals surface area contributed by atoms with Gasteiger partial charge in [-0.1, -0.05) is 0 Å². The molecule has 0 aliphatic carbocycles. The predicted molar refractivity (Wildman–Crippen MR) is 93.2 cm³/mol. The number of aromatic nitrogens is 7. The minimum absolute atomic E-state index is 0.437. The summed E-state index contributed by atoms with van der Waals surface area (Å²) < 4.78 is 4.13. The van der Waals surface area contributed by atoms with Crippen LogP contribution in [-0.4, -0.2) is 47.6 Å². The van der Waals surface area contributed by atoms with Crippen LogP contribution in [0.4, 0.5) is 5.82 Å². The van der Waals surface area contributed by atoms with E-state index in [-0.39, 0.29) is 0 Å². The van der Waals surface area contributed by atoms with Gasteiger partial charge in [0, 0.05) is 50.3 Å². The Morgan fingerprint density at radius 2 is 2.00 bits per heavy atom. The van der Waals surface area contributed by atoms with E-state index in [1.54, 1.807) is 18.6 Å². The summed E-state index contributed by atoms with van der Waals surface area (Å²) in [5.74, 6) is 3.46. The zero-order chi connectivity index (χ0) is 17.1. The first-order valence-electron chi connectivity index (χ1n) is 8.75. The van der Waals surface area contributed by atoms with E-state index < -0.39 is 0 Å². The van der Waals surface area contributed by atoms with Gasteiger partial charge in [0.1, 0.15) is 18.2 Å². The van der Waals surface area contributed by atoms with Crippen LogP contribution >= 0.6 is 0 Å². The van der Waals surface area contributed by atoms with Crippen LogP contribution in [0.2, 0.25) is 0 Å². The standard InChI is InChI=1S/C17H22N8/c1-2-25-16(13-24-9-3-6-20-24)21-22-17(25)14-4-10-23(11-5-14)15-12-18-7-8-19-15/h3,6-9,12,14H,2,4-5,10-11,13H2,1H3. The molecule has 3 aromatic heterocycles. The number of rotatable bonds is 5. The van der Waals surface area contributed by atoms with Crippen LogP contribution in [-0.2, 0) is 13.1 Å². The minimum atomic E-state index is 0.437. The maximum Gasteiger partial charge on any atom is 0.154 e. The highest BCUT2D eigenvalue weighted by molar-refractivity contribution is 5.35.